The molecule has 2 nitrogen and oxygen atoms in total. The molecule has 0 aliphatic heterocycles. The highest BCUT2D eigenvalue weighted by molar-refractivity contribution is 4.90. The highest BCUT2D eigenvalue weighted by atomic mass is 16.7. The van der Waals surface area contributed by atoms with Gasteiger partial charge in [-0.05, 0) is 25.3 Å². The van der Waals surface area contributed by atoms with Gasteiger partial charge in [-0.1, -0.05) is 162 Å². The first-order chi connectivity index (χ1) is 17.2. The molecule has 0 amide bonds. The first-order valence-corrected chi connectivity index (χ1v) is 16.2. The Morgan fingerprint density at radius 3 is 1.03 bits per heavy atom. The fourth-order valence-electron chi connectivity index (χ4n) is 4.87. The predicted octanol–water partition coefficient (Wildman–Crippen LogP) is 11.7. The van der Waals surface area contributed by atoms with Crippen molar-refractivity contribution in [2.45, 2.75) is 187 Å². The molecule has 0 rings (SSSR count). The van der Waals surface area contributed by atoms with Gasteiger partial charge in [-0.25, -0.2) is 0 Å². The van der Waals surface area contributed by atoms with E-state index in [0.29, 0.717) is 0 Å². The van der Waals surface area contributed by atoms with Crippen LogP contribution in [-0.4, -0.2) is 19.0 Å². The van der Waals surface area contributed by atoms with Gasteiger partial charge in [0.15, 0.2) is 5.79 Å². The van der Waals surface area contributed by atoms with E-state index in [1.165, 1.54) is 141 Å². The van der Waals surface area contributed by atoms with Crippen molar-refractivity contribution in [3.8, 4) is 0 Å². The zero-order valence-corrected chi connectivity index (χ0v) is 24.7. The minimum atomic E-state index is -0.564. The lowest BCUT2D eigenvalue weighted by Crippen LogP contribution is -2.34. The summed E-state index contributed by atoms with van der Waals surface area (Å²) >= 11 is 0. The van der Waals surface area contributed by atoms with Gasteiger partial charge < -0.3 is 9.47 Å². The van der Waals surface area contributed by atoms with Crippen molar-refractivity contribution in [3.05, 3.63) is 12.7 Å². The fraction of sp³-hybridized carbons (Fsp3) is 0.939. The molecule has 0 spiro atoms. The Morgan fingerprint density at radius 1 is 0.429 bits per heavy atom. The summed E-state index contributed by atoms with van der Waals surface area (Å²) in [7, 11) is 0. The Balaban J connectivity index is 4.16. The standard InChI is InChI=1S/C33H66O2/c1-5-9-12-15-17-19-21-23-26-29-32-35-33(8-4,34-31-28-25-14-11-7-3)30-27-24-22-20-18-16-13-10-6-2/h8H,4-7,9-32H2,1-3H3. The van der Waals surface area contributed by atoms with Gasteiger partial charge in [0.25, 0.3) is 0 Å². The van der Waals surface area contributed by atoms with Gasteiger partial charge in [0.05, 0.1) is 13.2 Å². The summed E-state index contributed by atoms with van der Waals surface area (Å²) in [6, 6.07) is 0. The van der Waals surface area contributed by atoms with Crippen molar-refractivity contribution in [3.63, 3.8) is 0 Å². The lowest BCUT2D eigenvalue weighted by Gasteiger charge is -2.31. The Kier molecular flexibility index (Phi) is 28.0. The lowest BCUT2D eigenvalue weighted by atomic mass is 10.0. The van der Waals surface area contributed by atoms with Crippen LogP contribution in [0.3, 0.4) is 0 Å². The monoisotopic (exact) mass is 495 g/mol. The molecule has 0 aliphatic rings. The summed E-state index contributed by atoms with van der Waals surface area (Å²) in [6.07, 6.45) is 34.9. The Bertz CT molecular complexity index is 408. The second-order valence-electron chi connectivity index (χ2n) is 10.9. The maximum Gasteiger partial charge on any atom is 0.187 e. The molecule has 0 aromatic carbocycles. The van der Waals surface area contributed by atoms with Crippen LogP contribution in [-0.2, 0) is 9.47 Å². The highest BCUT2D eigenvalue weighted by Crippen LogP contribution is 2.25. The summed E-state index contributed by atoms with van der Waals surface area (Å²) in [4.78, 5) is 0. The molecule has 0 radical (unpaired) electrons. The van der Waals surface area contributed by atoms with E-state index in [2.05, 4.69) is 27.4 Å². The first-order valence-electron chi connectivity index (χ1n) is 16.2. The fourth-order valence-corrected chi connectivity index (χ4v) is 4.87. The molecule has 0 saturated heterocycles. The van der Waals surface area contributed by atoms with Crippen LogP contribution in [0.2, 0.25) is 0 Å². The molecule has 0 aromatic heterocycles. The molecule has 0 N–H and O–H groups in total. The molecule has 2 heteroatoms. The summed E-state index contributed by atoms with van der Waals surface area (Å²) in [5, 5.41) is 0. The molecule has 0 saturated carbocycles. The van der Waals surface area contributed by atoms with E-state index in [0.717, 1.165) is 32.5 Å². The third-order valence-electron chi connectivity index (χ3n) is 7.38. The molecule has 210 valence electrons. The number of unbranched alkanes of at least 4 members (excludes halogenated alkanes) is 21. The Labute approximate surface area is 222 Å². The van der Waals surface area contributed by atoms with E-state index in [-0.39, 0.29) is 0 Å². The van der Waals surface area contributed by atoms with Crippen molar-refractivity contribution in [2.75, 3.05) is 13.2 Å². The van der Waals surface area contributed by atoms with Gasteiger partial charge in [-0.15, -0.1) is 0 Å². The van der Waals surface area contributed by atoms with Gasteiger partial charge >= 0.3 is 0 Å². The highest BCUT2D eigenvalue weighted by Gasteiger charge is 2.27. The number of ether oxygens (including phenoxy) is 2. The predicted molar refractivity (Wildman–Crippen MR) is 157 cm³/mol. The van der Waals surface area contributed by atoms with E-state index < -0.39 is 5.79 Å². The molecule has 0 fully saturated rings. The largest absolute Gasteiger partial charge is 0.346 e. The van der Waals surface area contributed by atoms with Crippen molar-refractivity contribution < 1.29 is 9.47 Å². The van der Waals surface area contributed by atoms with Crippen LogP contribution >= 0.6 is 0 Å². The molecular formula is C33H66O2. The van der Waals surface area contributed by atoms with Crippen LogP contribution in [0.15, 0.2) is 12.7 Å². The molecule has 1 atom stereocenters. The first kappa shape index (κ1) is 34.7. The number of hydrogen-bond donors (Lipinski definition) is 0. The maximum atomic E-state index is 6.41. The molecule has 0 aromatic rings. The van der Waals surface area contributed by atoms with Crippen molar-refractivity contribution >= 4 is 0 Å². The minimum Gasteiger partial charge on any atom is -0.346 e. The average Bonchev–Trinajstić information content (AvgIpc) is 2.87. The average molecular weight is 495 g/mol. The van der Waals surface area contributed by atoms with E-state index in [1.807, 2.05) is 6.08 Å². The molecule has 0 aliphatic carbocycles. The summed E-state index contributed by atoms with van der Waals surface area (Å²) in [6.45, 7) is 12.6. The van der Waals surface area contributed by atoms with Gasteiger partial charge in [-0.3, -0.25) is 0 Å². The van der Waals surface area contributed by atoms with Crippen LogP contribution in [0.4, 0.5) is 0 Å². The van der Waals surface area contributed by atoms with Gasteiger partial charge in [0, 0.05) is 6.42 Å². The van der Waals surface area contributed by atoms with Gasteiger partial charge in [0.1, 0.15) is 0 Å². The van der Waals surface area contributed by atoms with Gasteiger partial charge in [-0.2, -0.15) is 0 Å². The zero-order chi connectivity index (χ0) is 25.7. The summed E-state index contributed by atoms with van der Waals surface area (Å²) in [5.74, 6) is -0.564. The molecule has 35 heavy (non-hydrogen) atoms. The molecule has 0 heterocycles. The molecule has 0 bridgehead atoms. The summed E-state index contributed by atoms with van der Waals surface area (Å²) < 4.78 is 12.8. The van der Waals surface area contributed by atoms with Gasteiger partial charge in [0.2, 0.25) is 0 Å². The number of rotatable bonds is 30. The third kappa shape index (κ3) is 23.8. The Hall–Kier alpha value is -0.340. The quantitative estimate of drug-likeness (QED) is 0.0561. The van der Waals surface area contributed by atoms with Crippen molar-refractivity contribution in [1.29, 1.82) is 0 Å². The Morgan fingerprint density at radius 2 is 0.714 bits per heavy atom. The third-order valence-corrected chi connectivity index (χ3v) is 7.38. The normalized spacial score (nSPS) is 13.2. The number of hydrogen-bond acceptors (Lipinski definition) is 2. The van der Waals surface area contributed by atoms with Crippen molar-refractivity contribution in [1.82, 2.24) is 0 Å². The lowest BCUT2D eigenvalue weighted by molar-refractivity contribution is -0.209. The molecular weight excluding hydrogens is 428 g/mol. The maximum absolute atomic E-state index is 6.41. The van der Waals surface area contributed by atoms with E-state index >= 15 is 0 Å². The second kappa shape index (κ2) is 28.2. The summed E-state index contributed by atoms with van der Waals surface area (Å²) in [5.41, 5.74) is 0. The zero-order valence-electron chi connectivity index (χ0n) is 24.7. The van der Waals surface area contributed by atoms with Crippen LogP contribution in [0, 0.1) is 0 Å². The van der Waals surface area contributed by atoms with Crippen molar-refractivity contribution in [2.24, 2.45) is 0 Å². The van der Waals surface area contributed by atoms with Crippen LogP contribution < -0.4 is 0 Å². The van der Waals surface area contributed by atoms with Crippen LogP contribution in [0.1, 0.15) is 181 Å². The van der Waals surface area contributed by atoms with E-state index in [9.17, 15) is 0 Å². The van der Waals surface area contributed by atoms with E-state index in [4.69, 9.17) is 9.47 Å². The topological polar surface area (TPSA) is 18.5 Å². The smallest absolute Gasteiger partial charge is 0.187 e. The second-order valence-corrected chi connectivity index (χ2v) is 10.9. The van der Waals surface area contributed by atoms with Crippen LogP contribution in [0.5, 0.6) is 0 Å². The van der Waals surface area contributed by atoms with Crippen LogP contribution in [0.25, 0.3) is 0 Å². The van der Waals surface area contributed by atoms with E-state index in [1.54, 1.807) is 0 Å². The SMILES string of the molecule is C=CC(CCCCCCCCCCC)(OCCCCCCC)OCCCCCCCCCCCC. The minimum absolute atomic E-state index is 0.564. The molecule has 1 unspecified atom stereocenters.